The lowest BCUT2D eigenvalue weighted by atomic mass is 9.73. The number of hydrogen-bond donors (Lipinski definition) is 1. The van der Waals surface area contributed by atoms with Crippen molar-refractivity contribution in [2.75, 3.05) is 31.2 Å². The molecule has 2 fully saturated rings. The number of likely N-dealkylation sites (tertiary alicyclic amines) is 1. The summed E-state index contributed by atoms with van der Waals surface area (Å²) in [6.45, 7) is 9.21. The lowest BCUT2D eigenvalue weighted by molar-refractivity contribution is -0.156. The molecule has 0 bridgehead atoms. The van der Waals surface area contributed by atoms with E-state index < -0.39 is 35.1 Å². The summed E-state index contributed by atoms with van der Waals surface area (Å²) >= 11 is 0. The zero-order valence-electron chi connectivity index (χ0n) is 27.2. The number of ether oxygens (including phenoxy) is 2. The molecule has 4 aliphatic rings. The van der Waals surface area contributed by atoms with Crippen LogP contribution in [0.15, 0.2) is 78.9 Å². The highest BCUT2D eigenvalue weighted by atomic mass is 16.5. The minimum atomic E-state index is -1.38. The molecule has 244 valence electrons. The Bertz CT molecular complexity index is 1510. The first-order valence-corrected chi connectivity index (χ1v) is 16.5. The van der Waals surface area contributed by atoms with Crippen LogP contribution in [0.5, 0.6) is 5.75 Å². The van der Waals surface area contributed by atoms with Crippen molar-refractivity contribution in [3.05, 3.63) is 84.5 Å². The first-order valence-electron chi connectivity index (χ1n) is 16.5. The number of aliphatic hydroxyl groups is 1. The van der Waals surface area contributed by atoms with Crippen LogP contribution in [-0.2, 0) is 25.7 Å². The third-order valence-corrected chi connectivity index (χ3v) is 9.98. The number of amides is 3. The molecule has 1 N–H and O–H groups in total. The Morgan fingerprint density at radius 2 is 1.63 bits per heavy atom. The van der Waals surface area contributed by atoms with Crippen molar-refractivity contribution < 1.29 is 29.0 Å². The Labute approximate surface area is 271 Å². The lowest BCUT2D eigenvalue weighted by Gasteiger charge is -2.41. The van der Waals surface area contributed by atoms with Crippen molar-refractivity contribution >= 4 is 23.4 Å². The molecule has 0 saturated carbocycles. The third kappa shape index (κ3) is 5.23. The van der Waals surface area contributed by atoms with Crippen molar-refractivity contribution in [2.45, 2.75) is 70.4 Å². The van der Waals surface area contributed by atoms with Crippen molar-refractivity contribution in [1.82, 2.24) is 9.80 Å². The molecule has 1 spiro atoms. The average molecular weight is 628 g/mol. The predicted octanol–water partition coefficient (Wildman–Crippen LogP) is 4.35. The maximum absolute atomic E-state index is 14.9. The van der Waals surface area contributed by atoms with Gasteiger partial charge in [-0.3, -0.25) is 14.4 Å². The molecule has 4 heterocycles. The summed E-state index contributed by atoms with van der Waals surface area (Å²) in [7, 11) is 0. The van der Waals surface area contributed by atoms with Crippen molar-refractivity contribution in [3.8, 4) is 5.75 Å². The van der Waals surface area contributed by atoms with E-state index in [0.29, 0.717) is 50.5 Å². The number of rotatable bonds is 10. The molecular formula is C37H45N3O6. The van der Waals surface area contributed by atoms with Crippen LogP contribution in [0.3, 0.4) is 0 Å². The maximum Gasteiger partial charge on any atom is 0.249 e. The molecule has 6 rings (SSSR count). The number of carbonyl (C=O) groups is 3. The van der Waals surface area contributed by atoms with E-state index >= 15 is 0 Å². The van der Waals surface area contributed by atoms with Crippen LogP contribution in [0.25, 0.3) is 0 Å². The molecule has 2 aromatic carbocycles. The number of fused-ring (bicyclic) bond motifs is 2. The average Bonchev–Trinajstić information content (AvgIpc) is 3.35. The third-order valence-electron chi connectivity index (χ3n) is 9.98. The topological polar surface area (TPSA) is 99.6 Å². The second kappa shape index (κ2) is 12.7. The van der Waals surface area contributed by atoms with Gasteiger partial charge in [-0.05, 0) is 55.5 Å². The highest BCUT2D eigenvalue weighted by Crippen LogP contribution is 2.59. The van der Waals surface area contributed by atoms with Crippen LogP contribution in [-0.4, -0.2) is 82.2 Å². The molecule has 4 aliphatic heterocycles. The zero-order valence-corrected chi connectivity index (χ0v) is 27.2. The summed E-state index contributed by atoms with van der Waals surface area (Å²) in [6.07, 6.45) is 8.61. The van der Waals surface area contributed by atoms with E-state index in [1.165, 1.54) is 0 Å². The van der Waals surface area contributed by atoms with Crippen LogP contribution in [0.4, 0.5) is 5.69 Å². The molecule has 2 saturated heterocycles. The minimum Gasteiger partial charge on any atom is -0.494 e. The van der Waals surface area contributed by atoms with Crippen LogP contribution in [0.1, 0.15) is 46.1 Å². The molecule has 6 atom stereocenters. The number of carbonyl (C=O) groups excluding carboxylic acids is 3. The Morgan fingerprint density at radius 3 is 2.28 bits per heavy atom. The van der Waals surface area contributed by atoms with Crippen LogP contribution < -0.4 is 9.64 Å². The normalized spacial score (nSPS) is 29.5. The van der Waals surface area contributed by atoms with Gasteiger partial charge in [-0.25, -0.2) is 0 Å². The van der Waals surface area contributed by atoms with Gasteiger partial charge in [0.25, 0.3) is 0 Å². The van der Waals surface area contributed by atoms with Crippen molar-refractivity contribution in [2.24, 2.45) is 17.8 Å². The van der Waals surface area contributed by atoms with Crippen LogP contribution in [0, 0.1) is 17.8 Å². The molecule has 0 radical (unpaired) electrons. The highest BCUT2D eigenvalue weighted by Gasteiger charge is 2.76. The summed E-state index contributed by atoms with van der Waals surface area (Å²) in [4.78, 5) is 49.5. The van der Waals surface area contributed by atoms with Gasteiger partial charge in [0.1, 0.15) is 17.4 Å². The van der Waals surface area contributed by atoms with Gasteiger partial charge in [0, 0.05) is 25.3 Å². The molecule has 0 aliphatic carbocycles. The van der Waals surface area contributed by atoms with E-state index in [4.69, 9.17) is 9.47 Å². The number of aliphatic hydroxyl groups excluding tert-OH is 1. The SMILES string of the molecule is CCOc1ccc(N2CC=C[C@]3(CC)O[C@]45C=CCN(Cc6ccccc6)C(=O)C4N([C@@H](CO)CC(C)C)C(=O)[C@@H]5[C@@H]3C2=O)cc1. The smallest absolute Gasteiger partial charge is 0.249 e. The largest absolute Gasteiger partial charge is 0.494 e. The summed E-state index contributed by atoms with van der Waals surface area (Å²) in [5, 5.41) is 10.7. The fourth-order valence-corrected chi connectivity index (χ4v) is 8.03. The molecule has 0 aromatic heterocycles. The molecule has 3 amide bonds. The lowest BCUT2D eigenvalue weighted by Crippen LogP contribution is -2.59. The van der Waals surface area contributed by atoms with E-state index in [9.17, 15) is 19.5 Å². The fourth-order valence-electron chi connectivity index (χ4n) is 8.03. The van der Waals surface area contributed by atoms with Gasteiger partial charge in [-0.2, -0.15) is 0 Å². The number of benzene rings is 2. The van der Waals surface area contributed by atoms with Gasteiger partial charge < -0.3 is 29.3 Å². The second-order valence-corrected chi connectivity index (χ2v) is 13.2. The Kier molecular flexibility index (Phi) is 8.83. The summed E-state index contributed by atoms with van der Waals surface area (Å²) < 4.78 is 12.7. The Morgan fingerprint density at radius 1 is 0.913 bits per heavy atom. The van der Waals surface area contributed by atoms with E-state index in [-0.39, 0.29) is 30.2 Å². The van der Waals surface area contributed by atoms with Gasteiger partial charge in [0.15, 0.2) is 0 Å². The number of nitrogens with zero attached hydrogens (tertiary/aromatic N) is 3. The van der Waals surface area contributed by atoms with Gasteiger partial charge >= 0.3 is 0 Å². The van der Waals surface area contributed by atoms with Crippen molar-refractivity contribution in [1.29, 1.82) is 0 Å². The predicted molar refractivity (Wildman–Crippen MR) is 175 cm³/mol. The molecule has 9 heteroatoms. The van der Waals surface area contributed by atoms with Gasteiger partial charge in [-0.1, -0.05) is 75.4 Å². The summed E-state index contributed by atoms with van der Waals surface area (Å²) in [6, 6.07) is 15.5. The van der Waals surface area contributed by atoms with Crippen molar-refractivity contribution in [3.63, 3.8) is 0 Å². The maximum atomic E-state index is 14.9. The van der Waals surface area contributed by atoms with Crippen LogP contribution >= 0.6 is 0 Å². The standard InChI is InChI=1S/C37H45N3O6/c1-5-36-18-10-21-39(27-14-16-29(17-15-27)45-6-2)33(42)30(36)31-34(43)40(28(24-41)22-25(3)4)32-35(44)38(20-11-19-37(31,32)46-36)23-26-12-8-7-9-13-26/h7-19,25,28,30-32,41H,5-6,20-24H2,1-4H3/t28-,30-,31+,32?,36+,37+/m1/s1. The Hall–Kier alpha value is -3.95. The quantitative estimate of drug-likeness (QED) is 0.394. The monoisotopic (exact) mass is 627 g/mol. The van der Waals surface area contributed by atoms with E-state index in [1.807, 2.05) is 107 Å². The van der Waals surface area contributed by atoms with E-state index in [0.717, 1.165) is 5.56 Å². The molecule has 9 nitrogen and oxygen atoms in total. The van der Waals surface area contributed by atoms with Gasteiger partial charge in [-0.15, -0.1) is 0 Å². The molecule has 46 heavy (non-hydrogen) atoms. The zero-order chi connectivity index (χ0) is 32.6. The molecule has 2 aromatic rings. The highest BCUT2D eigenvalue weighted by molar-refractivity contribution is 6.04. The van der Waals surface area contributed by atoms with E-state index in [2.05, 4.69) is 0 Å². The van der Waals surface area contributed by atoms with Gasteiger partial charge in [0.05, 0.1) is 36.7 Å². The van der Waals surface area contributed by atoms with E-state index in [1.54, 1.807) is 14.7 Å². The Balaban J connectivity index is 1.46. The summed E-state index contributed by atoms with van der Waals surface area (Å²) in [5.74, 6) is -1.74. The van der Waals surface area contributed by atoms with Gasteiger partial charge in [0.2, 0.25) is 17.7 Å². The summed E-state index contributed by atoms with van der Waals surface area (Å²) in [5.41, 5.74) is -0.806. The number of hydrogen-bond acceptors (Lipinski definition) is 6. The molecular weight excluding hydrogens is 582 g/mol. The second-order valence-electron chi connectivity index (χ2n) is 13.2. The minimum absolute atomic E-state index is 0.159. The first kappa shape index (κ1) is 32.0. The first-order chi connectivity index (χ1) is 22.2. The fraction of sp³-hybridized carbons (Fsp3) is 0.486. The molecule has 1 unspecified atom stereocenters. The number of anilines is 1. The van der Waals surface area contributed by atoms with Crippen LogP contribution in [0.2, 0.25) is 0 Å².